The average Bonchev–Trinajstić information content (AvgIpc) is 2.47. The normalized spacial score (nSPS) is 11.8. The topological polar surface area (TPSA) is 38.3 Å². The maximum Gasteiger partial charge on any atom is 0.252 e. The maximum atomic E-state index is 12.3. The smallest absolute Gasteiger partial charge is 0.252 e. The molecule has 0 bridgehead atoms. The number of aryl methyl sites for hydroxylation is 2. The molecule has 1 N–H and O–H groups in total. The van der Waals surface area contributed by atoms with Crippen molar-refractivity contribution in [2.75, 3.05) is 7.11 Å². The van der Waals surface area contributed by atoms with E-state index >= 15 is 0 Å². The Morgan fingerprint density at radius 2 is 1.76 bits per heavy atom. The van der Waals surface area contributed by atoms with Crippen LogP contribution in [0.15, 0.2) is 42.5 Å². The first-order valence-electron chi connectivity index (χ1n) is 7.03. The molecule has 110 valence electrons. The summed E-state index contributed by atoms with van der Waals surface area (Å²) in [7, 11) is 1.64. The van der Waals surface area contributed by atoms with Crippen molar-refractivity contribution in [1.29, 1.82) is 0 Å². The van der Waals surface area contributed by atoms with Crippen LogP contribution in [0.1, 0.15) is 40.0 Å². The number of nitrogens with one attached hydrogen (secondary N) is 1. The summed E-state index contributed by atoms with van der Waals surface area (Å²) in [5.74, 6) is 0.766. The lowest BCUT2D eigenvalue weighted by atomic mass is 10.0. The summed E-state index contributed by atoms with van der Waals surface area (Å²) in [6.45, 7) is 5.96. The van der Waals surface area contributed by atoms with Crippen LogP contribution in [0.2, 0.25) is 0 Å². The lowest BCUT2D eigenvalue weighted by molar-refractivity contribution is 0.0939. The second-order valence-electron chi connectivity index (χ2n) is 5.29. The minimum atomic E-state index is -0.0518. The zero-order valence-electron chi connectivity index (χ0n) is 12.9. The van der Waals surface area contributed by atoms with E-state index in [2.05, 4.69) is 5.32 Å². The molecule has 0 saturated carbocycles. The molecule has 1 atom stereocenters. The molecule has 0 aliphatic heterocycles. The molecule has 3 heteroatoms. The highest BCUT2D eigenvalue weighted by Crippen LogP contribution is 2.18. The van der Waals surface area contributed by atoms with Gasteiger partial charge < -0.3 is 10.1 Å². The van der Waals surface area contributed by atoms with E-state index in [0.717, 1.165) is 28.0 Å². The Balaban J connectivity index is 2.10. The van der Waals surface area contributed by atoms with Crippen molar-refractivity contribution in [2.24, 2.45) is 0 Å². The van der Waals surface area contributed by atoms with Gasteiger partial charge in [-0.3, -0.25) is 4.79 Å². The van der Waals surface area contributed by atoms with Crippen molar-refractivity contribution in [3.63, 3.8) is 0 Å². The van der Waals surface area contributed by atoms with Crippen LogP contribution in [0.3, 0.4) is 0 Å². The van der Waals surface area contributed by atoms with Crippen molar-refractivity contribution in [3.05, 3.63) is 64.7 Å². The summed E-state index contributed by atoms with van der Waals surface area (Å²) >= 11 is 0. The van der Waals surface area contributed by atoms with Crippen molar-refractivity contribution in [2.45, 2.75) is 26.8 Å². The third-order valence-electron chi connectivity index (χ3n) is 3.59. The van der Waals surface area contributed by atoms with Crippen LogP contribution in [0, 0.1) is 13.8 Å². The fourth-order valence-corrected chi connectivity index (χ4v) is 2.32. The Labute approximate surface area is 126 Å². The van der Waals surface area contributed by atoms with Crippen LogP contribution in [0.25, 0.3) is 0 Å². The van der Waals surface area contributed by atoms with Gasteiger partial charge in [0.05, 0.1) is 13.2 Å². The highest BCUT2D eigenvalue weighted by molar-refractivity contribution is 5.95. The van der Waals surface area contributed by atoms with E-state index < -0.39 is 0 Å². The third-order valence-corrected chi connectivity index (χ3v) is 3.59. The summed E-state index contributed by atoms with van der Waals surface area (Å²) < 4.78 is 5.14. The van der Waals surface area contributed by atoms with Crippen LogP contribution in [-0.2, 0) is 0 Å². The Morgan fingerprint density at radius 3 is 2.33 bits per heavy atom. The number of hydrogen-bond acceptors (Lipinski definition) is 2. The first kappa shape index (κ1) is 15.1. The zero-order valence-corrected chi connectivity index (χ0v) is 12.9. The Morgan fingerprint density at radius 1 is 1.10 bits per heavy atom. The summed E-state index contributed by atoms with van der Waals surface area (Å²) in [5.41, 5.74) is 3.93. The molecule has 0 saturated heterocycles. The van der Waals surface area contributed by atoms with E-state index in [1.807, 2.05) is 63.2 Å². The largest absolute Gasteiger partial charge is 0.497 e. The number of benzene rings is 2. The molecular formula is C18H21NO2. The van der Waals surface area contributed by atoms with E-state index in [1.54, 1.807) is 7.11 Å². The van der Waals surface area contributed by atoms with E-state index in [9.17, 15) is 4.79 Å². The second-order valence-corrected chi connectivity index (χ2v) is 5.29. The zero-order chi connectivity index (χ0) is 15.4. The summed E-state index contributed by atoms with van der Waals surface area (Å²) in [4.78, 5) is 12.3. The Kier molecular flexibility index (Phi) is 4.63. The van der Waals surface area contributed by atoms with Gasteiger partial charge in [0.1, 0.15) is 5.75 Å². The lowest BCUT2D eigenvalue weighted by Crippen LogP contribution is -2.27. The molecule has 1 amide bonds. The molecule has 0 aliphatic carbocycles. The van der Waals surface area contributed by atoms with Gasteiger partial charge in [0.25, 0.3) is 5.91 Å². The fraction of sp³-hybridized carbons (Fsp3) is 0.278. The highest BCUT2D eigenvalue weighted by atomic mass is 16.5. The van der Waals surface area contributed by atoms with Gasteiger partial charge in [-0.05, 0) is 50.1 Å². The van der Waals surface area contributed by atoms with Gasteiger partial charge in [0, 0.05) is 5.56 Å². The molecule has 2 aromatic rings. The molecule has 0 aliphatic rings. The van der Waals surface area contributed by atoms with Crippen LogP contribution in [0.5, 0.6) is 5.75 Å². The summed E-state index contributed by atoms with van der Waals surface area (Å²) in [6, 6.07) is 13.5. The monoisotopic (exact) mass is 283 g/mol. The van der Waals surface area contributed by atoms with Crippen LogP contribution in [0.4, 0.5) is 0 Å². The third kappa shape index (κ3) is 3.63. The van der Waals surface area contributed by atoms with E-state index in [-0.39, 0.29) is 11.9 Å². The quantitative estimate of drug-likeness (QED) is 0.926. The van der Waals surface area contributed by atoms with Gasteiger partial charge in [-0.1, -0.05) is 29.8 Å². The minimum absolute atomic E-state index is 0.0455. The second kappa shape index (κ2) is 6.44. The number of carbonyl (C=O) groups is 1. The van der Waals surface area contributed by atoms with Gasteiger partial charge >= 0.3 is 0 Å². The van der Waals surface area contributed by atoms with Gasteiger partial charge in [0.15, 0.2) is 0 Å². The molecular weight excluding hydrogens is 262 g/mol. The molecule has 0 unspecified atom stereocenters. The van der Waals surface area contributed by atoms with Crippen molar-refractivity contribution in [1.82, 2.24) is 5.32 Å². The maximum absolute atomic E-state index is 12.3. The predicted molar refractivity (Wildman–Crippen MR) is 84.8 cm³/mol. The van der Waals surface area contributed by atoms with E-state index in [0.29, 0.717) is 0 Å². The van der Waals surface area contributed by atoms with Gasteiger partial charge in [-0.2, -0.15) is 0 Å². The van der Waals surface area contributed by atoms with Crippen LogP contribution < -0.4 is 10.1 Å². The Bertz CT molecular complexity index is 632. The van der Waals surface area contributed by atoms with Gasteiger partial charge in [0.2, 0.25) is 0 Å². The number of amides is 1. The molecule has 0 radical (unpaired) electrons. The predicted octanol–water partition coefficient (Wildman–Crippen LogP) is 3.80. The van der Waals surface area contributed by atoms with E-state index in [1.165, 1.54) is 0 Å². The van der Waals surface area contributed by atoms with Gasteiger partial charge in [-0.25, -0.2) is 0 Å². The summed E-state index contributed by atoms with van der Waals surface area (Å²) in [6.07, 6.45) is 0. The fourth-order valence-electron chi connectivity index (χ4n) is 2.32. The Hall–Kier alpha value is -2.29. The van der Waals surface area contributed by atoms with Crippen molar-refractivity contribution in [3.8, 4) is 5.75 Å². The summed E-state index contributed by atoms with van der Waals surface area (Å²) in [5, 5.41) is 3.03. The van der Waals surface area contributed by atoms with Gasteiger partial charge in [-0.15, -0.1) is 0 Å². The highest BCUT2D eigenvalue weighted by Gasteiger charge is 2.13. The standard InChI is InChI=1S/C18H21NO2/c1-12-5-10-17(13(2)11-12)18(20)19-14(3)15-6-8-16(21-4)9-7-15/h5-11,14H,1-4H3,(H,19,20)/t14-/m1/s1. The molecule has 0 spiro atoms. The first-order chi connectivity index (χ1) is 10.0. The molecule has 21 heavy (non-hydrogen) atoms. The first-order valence-corrected chi connectivity index (χ1v) is 7.03. The SMILES string of the molecule is COc1ccc([C@@H](C)NC(=O)c2ccc(C)cc2C)cc1. The number of ether oxygens (including phenoxy) is 1. The number of rotatable bonds is 4. The number of methoxy groups -OCH3 is 1. The minimum Gasteiger partial charge on any atom is -0.497 e. The molecule has 0 fully saturated rings. The molecule has 0 heterocycles. The number of carbonyl (C=O) groups excluding carboxylic acids is 1. The molecule has 2 aromatic carbocycles. The average molecular weight is 283 g/mol. The molecule has 3 nitrogen and oxygen atoms in total. The lowest BCUT2D eigenvalue weighted by Gasteiger charge is -2.16. The molecule has 2 rings (SSSR count). The van der Waals surface area contributed by atoms with E-state index in [4.69, 9.17) is 4.74 Å². The van der Waals surface area contributed by atoms with Crippen molar-refractivity contribution >= 4 is 5.91 Å². The van der Waals surface area contributed by atoms with Crippen LogP contribution in [-0.4, -0.2) is 13.0 Å². The van der Waals surface area contributed by atoms with Crippen molar-refractivity contribution < 1.29 is 9.53 Å². The number of hydrogen-bond donors (Lipinski definition) is 1. The van der Waals surface area contributed by atoms with Crippen LogP contribution >= 0.6 is 0 Å². The molecule has 0 aromatic heterocycles.